The van der Waals surface area contributed by atoms with Crippen LogP contribution in [0.25, 0.3) is 21.5 Å². The molecule has 4 heterocycles. The highest BCUT2D eigenvalue weighted by Gasteiger charge is 2.31. The fraction of sp³-hybridized carbons (Fsp3) is 0.190. The van der Waals surface area contributed by atoms with Gasteiger partial charge in [0.05, 0.1) is 24.7 Å². The number of nitrogens with one attached hydrogen (secondary N) is 3. The van der Waals surface area contributed by atoms with Crippen LogP contribution in [0.5, 0.6) is 5.75 Å². The monoisotopic (exact) mass is 405 g/mol. The summed E-state index contributed by atoms with van der Waals surface area (Å²) in [6.45, 7) is 4.02. The number of hydrogen-bond donors (Lipinski definition) is 3. The summed E-state index contributed by atoms with van der Waals surface area (Å²) in [5.41, 5.74) is 5.57. The smallest absolute Gasteiger partial charge is 0.265 e. The number of aromatic amines is 1. The Morgan fingerprint density at radius 2 is 1.93 bits per heavy atom. The molecule has 0 radical (unpaired) electrons. The van der Waals surface area contributed by atoms with E-state index in [1.807, 2.05) is 44.2 Å². The Kier molecular flexibility index (Phi) is 4.02. The zero-order valence-electron chi connectivity index (χ0n) is 16.2. The number of amides is 1. The second-order valence-corrected chi connectivity index (χ2v) is 8.05. The van der Waals surface area contributed by atoms with Crippen LogP contribution in [-0.2, 0) is 0 Å². The molecule has 3 aromatic heterocycles. The van der Waals surface area contributed by atoms with Gasteiger partial charge in [0.1, 0.15) is 21.6 Å². The van der Waals surface area contributed by atoms with Gasteiger partial charge in [-0.05, 0) is 49.7 Å². The van der Waals surface area contributed by atoms with Crippen molar-refractivity contribution in [3.05, 3.63) is 58.2 Å². The highest BCUT2D eigenvalue weighted by molar-refractivity contribution is 7.21. The average molecular weight is 405 g/mol. The summed E-state index contributed by atoms with van der Waals surface area (Å²) in [6, 6.07) is 9.76. The van der Waals surface area contributed by atoms with Gasteiger partial charge in [-0.2, -0.15) is 5.10 Å². The van der Waals surface area contributed by atoms with E-state index < -0.39 is 6.17 Å². The van der Waals surface area contributed by atoms with Gasteiger partial charge in [0.25, 0.3) is 5.91 Å². The molecule has 7 nitrogen and oxygen atoms in total. The predicted molar refractivity (Wildman–Crippen MR) is 113 cm³/mol. The highest BCUT2D eigenvalue weighted by Crippen LogP contribution is 2.41. The van der Waals surface area contributed by atoms with Crippen LogP contribution >= 0.6 is 11.3 Å². The summed E-state index contributed by atoms with van der Waals surface area (Å²) < 4.78 is 5.24. The molecular formula is C21H19N5O2S. The fourth-order valence-corrected chi connectivity index (χ4v) is 4.94. The molecule has 0 aliphatic carbocycles. The topological polar surface area (TPSA) is 91.9 Å². The van der Waals surface area contributed by atoms with E-state index in [1.165, 1.54) is 11.3 Å². The lowest BCUT2D eigenvalue weighted by Gasteiger charge is -2.26. The van der Waals surface area contributed by atoms with E-state index in [0.29, 0.717) is 4.88 Å². The van der Waals surface area contributed by atoms with Crippen LogP contribution < -0.4 is 15.4 Å². The summed E-state index contributed by atoms with van der Waals surface area (Å²) >= 11 is 1.42. The number of fused-ring (bicyclic) bond motifs is 3. The Morgan fingerprint density at radius 1 is 1.14 bits per heavy atom. The second-order valence-electron chi connectivity index (χ2n) is 7.05. The summed E-state index contributed by atoms with van der Waals surface area (Å²) in [5.74, 6) is 0.678. The number of methoxy groups -OCH3 is 1. The van der Waals surface area contributed by atoms with Crippen molar-refractivity contribution in [1.82, 2.24) is 20.5 Å². The van der Waals surface area contributed by atoms with E-state index in [1.54, 1.807) is 13.3 Å². The van der Waals surface area contributed by atoms with Crippen LogP contribution in [-0.4, -0.2) is 28.2 Å². The Bertz CT molecular complexity index is 1240. The number of thiophene rings is 1. The minimum absolute atomic E-state index is 0.106. The van der Waals surface area contributed by atoms with Crippen molar-refractivity contribution in [3.8, 4) is 17.0 Å². The molecule has 1 aromatic carbocycles. The maximum atomic E-state index is 12.9. The normalized spacial score (nSPS) is 15.7. The number of H-pyrrole nitrogens is 1. The first kappa shape index (κ1) is 17.7. The Labute approximate surface area is 171 Å². The van der Waals surface area contributed by atoms with Crippen LogP contribution in [0.1, 0.15) is 32.7 Å². The molecule has 0 spiro atoms. The zero-order chi connectivity index (χ0) is 20.1. The molecule has 0 saturated carbocycles. The average Bonchev–Trinajstić information content (AvgIpc) is 3.33. The van der Waals surface area contributed by atoms with Gasteiger partial charge in [0.15, 0.2) is 0 Å². The maximum Gasteiger partial charge on any atom is 0.265 e. The van der Waals surface area contributed by atoms with Crippen molar-refractivity contribution in [3.63, 3.8) is 0 Å². The first-order chi connectivity index (χ1) is 14.0. The number of anilines is 1. The third-order valence-corrected chi connectivity index (χ3v) is 6.20. The highest BCUT2D eigenvalue weighted by atomic mass is 32.1. The molecule has 0 fully saturated rings. The van der Waals surface area contributed by atoms with Crippen LogP contribution in [0.15, 0.2) is 36.5 Å². The van der Waals surface area contributed by atoms with Crippen molar-refractivity contribution in [2.75, 3.05) is 12.4 Å². The summed E-state index contributed by atoms with van der Waals surface area (Å²) in [4.78, 5) is 19.0. The summed E-state index contributed by atoms with van der Waals surface area (Å²) in [7, 11) is 1.64. The van der Waals surface area contributed by atoms with E-state index in [0.717, 1.165) is 49.7 Å². The van der Waals surface area contributed by atoms with E-state index in [4.69, 9.17) is 4.74 Å². The van der Waals surface area contributed by atoms with Crippen molar-refractivity contribution in [2.45, 2.75) is 20.0 Å². The lowest BCUT2D eigenvalue weighted by atomic mass is 10.0. The molecular weight excluding hydrogens is 386 g/mol. The molecule has 1 aliphatic heterocycles. The van der Waals surface area contributed by atoms with Gasteiger partial charge < -0.3 is 15.4 Å². The summed E-state index contributed by atoms with van der Waals surface area (Å²) in [5, 5.41) is 14.8. The third-order valence-electron chi connectivity index (χ3n) is 5.12. The number of aryl methyl sites for hydroxylation is 2. The Balaban J connectivity index is 1.57. The number of carbonyl (C=O) groups excluding carboxylic acids is 1. The number of hydrogen-bond acceptors (Lipinski definition) is 6. The van der Waals surface area contributed by atoms with Crippen molar-refractivity contribution in [2.24, 2.45) is 0 Å². The minimum Gasteiger partial charge on any atom is -0.497 e. The first-order valence-corrected chi connectivity index (χ1v) is 10.0. The van der Waals surface area contributed by atoms with Gasteiger partial charge >= 0.3 is 0 Å². The SMILES string of the molecule is COc1ccc(-c2[nH]ncc2C2NC(=O)c3sc4nc(C)cc(C)c4c3N2)cc1. The van der Waals surface area contributed by atoms with Crippen LogP contribution in [0.3, 0.4) is 0 Å². The molecule has 8 heteroatoms. The second kappa shape index (κ2) is 6.59. The number of pyridine rings is 1. The van der Waals surface area contributed by atoms with E-state index in [-0.39, 0.29) is 5.91 Å². The quantitative estimate of drug-likeness (QED) is 0.476. The Morgan fingerprint density at radius 3 is 2.69 bits per heavy atom. The number of rotatable bonds is 3. The number of carbonyl (C=O) groups is 1. The molecule has 1 unspecified atom stereocenters. The van der Waals surface area contributed by atoms with Gasteiger partial charge in [-0.25, -0.2) is 4.98 Å². The standard InChI is InChI=1S/C21H19N5O2S/c1-10-8-11(2)23-21-15(10)17-18(29-21)20(27)25-19(24-17)14-9-22-26-16(14)12-4-6-13(28-3)7-5-12/h4-9,19,24H,1-3H3,(H,22,26)(H,25,27). The fourth-order valence-electron chi connectivity index (χ4n) is 3.78. The number of nitrogens with zero attached hydrogens (tertiary/aromatic N) is 2. The molecule has 0 saturated heterocycles. The number of benzene rings is 1. The van der Waals surface area contributed by atoms with Crippen LogP contribution in [0, 0.1) is 13.8 Å². The van der Waals surface area contributed by atoms with Gasteiger partial charge in [-0.3, -0.25) is 9.89 Å². The van der Waals surface area contributed by atoms with Crippen molar-refractivity contribution in [1.29, 1.82) is 0 Å². The van der Waals surface area contributed by atoms with Gasteiger partial charge in [0, 0.05) is 22.2 Å². The zero-order valence-corrected chi connectivity index (χ0v) is 17.0. The van der Waals surface area contributed by atoms with E-state index in [2.05, 4.69) is 25.8 Å². The first-order valence-electron chi connectivity index (χ1n) is 9.21. The lowest BCUT2D eigenvalue weighted by Crippen LogP contribution is -2.37. The molecule has 4 aromatic rings. The van der Waals surface area contributed by atoms with Crippen LogP contribution in [0.2, 0.25) is 0 Å². The van der Waals surface area contributed by atoms with Gasteiger partial charge in [-0.1, -0.05) is 0 Å². The lowest BCUT2D eigenvalue weighted by molar-refractivity contribution is 0.0940. The van der Waals surface area contributed by atoms with Gasteiger partial charge in [0.2, 0.25) is 0 Å². The number of ether oxygens (including phenoxy) is 1. The molecule has 1 aliphatic rings. The molecule has 3 N–H and O–H groups in total. The molecule has 5 rings (SSSR count). The molecule has 1 atom stereocenters. The van der Waals surface area contributed by atoms with E-state index >= 15 is 0 Å². The Hall–Kier alpha value is -3.39. The van der Waals surface area contributed by atoms with Gasteiger partial charge in [-0.15, -0.1) is 11.3 Å². The molecule has 0 bridgehead atoms. The largest absolute Gasteiger partial charge is 0.497 e. The molecule has 1 amide bonds. The van der Waals surface area contributed by atoms with Crippen LogP contribution in [0.4, 0.5) is 5.69 Å². The third kappa shape index (κ3) is 2.84. The number of aromatic nitrogens is 3. The molecule has 146 valence electrons. The minimum atomic E-state index is -0.399. The molecule has 29 heavy (non-hydrogen) atoms. The summed E-state index contributed by atoms with van der Waals surface area (Å²) in [6.07, 6.45) is 1.34. The van der Waals surface area contributed by atoms with Crippen molar-refractivity contribution < 1.29 is 9.53 Å². The predicted octanol–water partition coefficient (Wildman–Crippen LogP) is 4.17. The maximum absolute atomic E-state index is 12.9. The van der Waals surface area contributed by atoms with Crippen molar-refractivity contribution >= 4 is 33.1 Å². The van der Waals surface area contributed by atoms with E-state index in [9.17, 15) is 4.79 Å².